The lowest BCUT2D eigenvalue weighted by Gasteiger charge is -2.44. The monoisotopic (exact) mass is 1160 g/mol. The van der Waals surface area contributed by atoms with Crippen molar-refractivity contribution in [2.45, 2.75) is 172 Å². The topological polar surface area (TPSA) is 139 Å². The Morgan fingerprint density at radius 3 is 1.44 bits per heavy atom. The van der Waals surface area contributed by atoms with Gasteiger partial charge in [-0.3, -0.25) is 28.8 Å². The number of benzene rings is 4. The van der Waals surface area contributed by atoms with Gasteiger partial charge in [-0.05, 0) is 117 Å². The van der Waals surface area contributed by atoms with Crippen molar-refractivity contribution in [1.82, 2.24) is 30.2 Å². The molecule has 0 aromatic heterocycles. The molecule has 8 rings (SSSR count). The number of Topliss-reactive ketones (excluding diaryl/α,β-unsaturated/α-hetero) is 1. The molecule has 2 saturated heterocycles. The molecule has 0 unspecified atom stereocenters. The summed E-state index contributed by atoms with van der Waals surface area (Å²) in [7, 11) is 1.70. The average Bonchev–Trinajstić information content (AvgIpc) is 3.71. The Labute approximate surface area is 494 Å². The van der Waals surface area contributed by atoms with E-state index in [1.54, 1.807) is 77.2 Å². The molecule has 0 radical (unpaired) electrons. The molecule has 84 heavy (non-hydrogen) atoms. The predicted molar refractivity (Wildman–Crippen MR) is 320 cm³/mol. The fourth-order valence-corrected chi connectivity index (χ4v) is 13.1. The first-order chi connectivity index (χ1) is 40.3. The number of piperidine rings is 2. The van der Waals surface area contributed by atoms with Gasteiger partial charge in [0.05, 0.1) is 18.1 Å². The van der Waals surface area contributed by atoms with Gasteiger partial charge in [-0.15, -0.1) is 0 Å². The molecule has 2 aliphatic heterocycles. The van der Waals surface area contributed by atoms with Crippen LogP contribution in [0.15, 0.2) is 109 Å². The maximum atomic E-state index is 15.6. The molecule has 4 fully saturated rings. The number of rotatable bonds is 24. The molecule has 6 atom stereocenters. The van der Waals surface area contributed by atoms with Crippen molar-refractivity contribution in [3.8, 4) is 11.1 Å². The van der Waals surface area contributed by atoms with E-state index in [1.165, 1.54) is 4.90 Å². The van der Waals surface area contributed by atoms with Gasteiger partial charge in [-0.1, -0.05) is 137 Å². The summed E-state index contributed by atoms with van der Waals surface area (Å²) in [5.41, 5.74) is 4.01. The molecular weight excluding hydrogens is 1070 g/mol. The van der Waals surface area contributed by atoms with E-state index in [0.29, 0.717) is 30.4 Å². The second-order valence-electron chi connectivity index (χ2n) is 24.5. The zero-order valence-electron chi connectivity index (χ0n) is 49.7. The molecule has 16 heteroatoms. The van der Waals surface area contributed by atoms with E-state index in [9.17, 15) is 28.8 Å². The van der Waals surface area contributed by atoms with Gasteiger partial charge in [0.2, 0.25) is 17.7 Å². The molecule has 4 aliphatic rings. The van der Waals surface area contributed by atoms with Crippen molar-refractivity contribution in [2.24, 2.45) is 23.7 Å². The minimum atomic E-state index is -3.07. The SMILES string of the molecule is CC[C@@H](C)C(=O)N[C@H](C(=O)N1CCC(F)(F)C[C@H]1CN(CCc1ccccc1)C(=O)c1ccc(-c2ccc(C(=O)N(CCc3ccccc3)C[C@@H]3CC(F)(F)CCN3C(=O)[C@@H](CC(=O)[C@H](C)NC)C3CCCCC3)cc2)cc1)C1CCCCC1. The van der Waals surface area contributed by atoms with Crippen LogP contribution in [0.25, 0.3) is 11.1 Å². The Morgan fingerprint density at radius 2 is 1.01 bits per heavy atom. The number of amides is 5. The van der Waals surface area contributed by atoms with Crippen LogP contribution in [0.5, 0.6) is 0 Å². The Morgan fingerprint density at radius 1 is 0.583 bits per heavy atom. The first-order valence-corrected chi connectivity index (χ1v) is 31.1. The first kappa shape index (κ1) is 63.6. The Bertz CT molecular complexity index is 2620. The van der Waals surface area contributed by atoms with Crippen LogP contribution in [-0.4, -0.2) is 137 Å². The number of hydrogen-bond donors (Lipinski definition) is 2. The van der Waals surface area contributed by atoms with E-state index in [1.807, 2.05) is 74.5 Å². The van der Waals surface area contributed by atoms with E-state index in [2.05, 4.69) is 10.6 Å². The van der Waals surface area contributed by atoms with Crippen LogP contribution in [-0.2, 0) is 32.0 Å². The van der Waals surface area contributed by atoms with Crippen molar-refractivity contribution in [3.63, 3.8) is 0 Å². The summed E-state index contributed by atoms with van der Waals surface area (Å²) >= 11 is 0. The van der Waals surface area contributed by atoms with E-state index in [-0.39, 0.29) is 98.8 Å². The Balaban J connectivity index is 1.02. The standard InChI is InChI=1S/C68H88F4N6O6/c1-5-47(2)62(80)74-61(54-24-16-9-17-25-54)66(84)78-41-37-68(71,72)44-58(78)46-76(39-35-50-20-12-7-13-21-50)64(82)56-32-28-52(29-33-56)51-26-30-55(31-27-51)63(81)75(38-34-49-18-10-6-11-19-49)45-57-43-67(69,70)36-40-77(57)65(83)59(42-60(79)48(3)73-4)53-22-14-8-15-23-53/h6-7,10-13,18-21,26-33,47-48,53-54,57-59,61,73H,5,8-9,14-17,22-25,34-46H2,1-4H3,(H,74,80)/t47-,48+,57+,58+,59+,61+/m1/s1. The summed E-state index contributed by atoms with van der Waals surface area (Å²) in [5, 5.41) is 6.04. The van der Waals surface area contributed by atoms with Crippen molar-refractivity contribution in [1.29, 1.82) is 0 Å². The molecule has 2 aliphatic carbocycles. The van der Waals surface area contributed by atoms with E-state index in [0.717, 1.165) is 86.5 Å². The van der Waals surface area contributed by atoms with Gasteiger partial charge in [0, 0.05) is 94.3 Å². The molecule has 4 aromatic rings. The molecule has 2 heterocycles. The third-order valence-corrected chi connectivity index (χ3v) is 18.6. The summed E-state index contributed by atoms with van der Waals surface area (Å²) < 4.78 is 62.3. The maximum absolute atomic E-state index is 15.6. The van der Waals surface area contributed by atoms with Crippen LogP contribution < -0.4 is 10.6 Å². The number of hydrogen-bond acceptors (Lipinski definition) is 7. The van der Waals surface area contributed by atoms with Gasteiger partial charge < -0.3 is 30.2 Å². The molecule has 5 amide bonds. The number of alkyl halides is 4. The van der Waals surface area contributed by atoms with E-state index >= 15 is 17.6 Å². The minimum absolute atomic E-state index is 0.0237. The number of nitrogens with zero attached hydrogens (tertiary/aromatic N) is 4. The average molecular weight is 1160 g/mol. The summed E-state index contributed by atoms with van der Waals surface area (Å²) in [6, 6.07) is 29.7. The van der Waals surface area contributed by atoms with E-state index in [4.69, 9.17) is 0 Å². The highest BCUT2D eigenvalue weighted by Gasteiger charge is 2.48. The fourth-order valence-electron chi connectivity index (χ4n) is 13.1. The number of carbonyl (C=O) groups is 6. The summed E-state index contributed by atoms with van der Waals surface area (Å²) in [6.07, 6.45) is 8.11. The number of carbonyl (C=O) groups excluding carboxylic acids is 6. The fraction of sp³-hybridized carbons (Fsp3) is 0.559. The lowest BCUT2D eigenvalue weighted by atomic mass is 9.76. The number of likely N-dealkylation sites (N-methyl/N-ethyl adjacent to an activating group) is 1. The summed E-state index contributed by atoms with van der Waals surface area (Å²) in [5.74, 6) is -9.02. The van der Waals surface area contributed by atoms with Crippen LogP contribution >= 0.6 is 0 Å². The highest BCUT2D eigenvalue weighted by atomic mass is 19.3. The molecular formula is C68H88F4N6O6. The zero-order valence-corrected chi connectivity index (χ0v) is 49.7. The van der Waals surface area contributed by atoms with Crippen molar-refractivity contribution in [2.75, 3.05) is 46.3 Å². The van der Waals surface area contributed by atoms with Gasteiger partial charge >= 0.3 is 0 Å². The second-order valence-corrected chi connectivity index (χ2v) is 24.5. The Kier molecular flexibility index (Phi) is 22.4. The largest absolute Gasteiger partial charge is 0.344 e. The molecule has 454 valence electrons. The number of likely N-dealkylation sites (tertiary alicyclic amines) is 2. The van der Waals surface area contributed by atoms with Crippen LogP contribution in [0.3, 0.4) is 0 Å². The van der Waals surface area contributed by atoms with Crippen LogP contribution in [0.2, 0.25) is 0 Å². The lowest BCUT2D eigenvalue weighted by molar-refractivity contribution is -0.152. The zero-order chi connectivity index (χ0) is 60.0. The summed E-state index contributed by atoms with van der Waals surface area (Å²) in [6.45, 7) is 5.23. The molecule has 0 bridgehead atoms. The molecule has 2 N–H and O–H groups in total. The van der Waals surface area contributed by atoms with Gasteiger partial charge in [-0.2, -0.15) is 0 Å². The number of nitrogens with one attached hydrogen (secondary N) is 2. The third-order valence-electron chi connectivity index (χ3n) is 18.6. The van der Waals surface area contributed by atoms with Gasteiger partial charge in [0.25, 0.3) is 23.7 Å². The van der Waals surface area contributed by atoms with Gasteiger partial charge in [-0.25, -0.2) is 17.6 Å². The first-order valence-electron chi connectivity index (χ1n) is 31.1. The normalized spacial score (nSPS) is 20.7. The molecule has 12 nitrogen and oxygen atoms in total. The lowest BCUT2D eigenvalue weighted by Crippen LogP contribution is -2.61. The van der Waals surface area contributed by atoms with Crippen molar-refractivity contribution >= 4 is 35.3 Å². The predicted octanol–water partition coefficient (Wildman–Crippen LogP) is 11.9. The highest BCUT2D eigenvalue weighted by Crippen LogP contribution is 2.39. The highest BCUT2D eigenvalue weighted by molar-refractivity contribution is 5.96. The minimum Gasteiger partial charge on any atom is -0.344 e. The third kappa shape index (κ3) is 16.9. The van der Waals surface area contributed by atoms with Gasteiger partial charge in [0.1, 0.15) is 11.8 Å². The van der Waals surface area contributed by atoms with E-state index < -0.39 is 67.6 Å². The van der Waals surface area contributed by atoms with Crippen molar-refractivity contribution < 1.29 is 46.3 Å². The van der Waals surface area contributed by atoms with Crippen LogP contribution in [0.1, 0.15) is 155 Å². The van der Waals surface area contributed by atoms with Crippen LogP contribution in [0, 0.1) is 23.7 Å². The smallest absolute Gasteiger partial charge is 0.253 e. The maximum Gasteiger partial charge on any atom is 0.253 e. The second kappa shape index (κ2) is 29.6. The molecule has 0 spiro atoms. The van der Waals surface area contributed by atoms with Gasteiger partial charge in [0.15, 0.2) is 0 Å². The molecule has 4 aromatic carbocycles. The van der Waals surface area contributed by atoms with Crippen molar-refractivity contribution in [3.05, 3.63) is 131 Å². The number of halogens is 4. The van der Waals surface area contributed by atoms with Crippen LogP contribution in [0.4, 0.5) is 17.6 Å². The quantitative estimate of drug-likeness (QED) is 0.0666. The molecule has 2 saturated carbocycles. The number of ketones is 1. The summed E-state index contributed by atoms with van der Waals surface area (Å²) in [4.78, 5) is 92.1. The Hall–Kier alpha value is -6.42.